The molecule has 0 bridgehead atoms. The van der Waals surface area contributed by atoms with E-state index in [0.29, 0.717) is 12.8 Å². The number of aromatic carboxylic acids is 1. The van der Waals surface area contributed by atoms with E-state index < -0.39 is 17.0 Å². The summed E-state index contributed by atoms with van der Waals surface area (Å²) in [6.07, 6.45) is 0.929. The SMILES string of the molecule is CC1(C)CC(Oc2nsnc2C(=O)O)CC(C)(C)N1O. The van der Waals surface area contributed by atoms with Gasteiger partial charge in [0, 0.05) is 23.9 Å². The number of aromatic nitrogens is 2. The average Bonchev–Trinajstić information content (AvgIpc) is 2.73. The second-order valence-corrected chi connectivity index (χ2v) is 6.84. The van der Waals surface area contributed by atoms with Crippen LogP contribution in [-0.2, 0) is 0 Å². The van der Waals surface area contributed by atoms with Crippen LogP contribution in [0.3, 0.4) is 0 Å². The van der Waals surface area contributed by atoms with Crippen molar-refractivity contribution in [2.45, 2.75) is 57.7 Å². The van der Waals surface area contributed by atoms with Crippen molar-refractivity contribution in [2.75, 3.05) is 0 Å². The Labute approximate surface area is 121 Å². The highest BCUT2D eigenvalue weighted by Crippen LogP contribution is 2.38. The number of hydrogen-bond donors (Lipinski definition) is 2. The van der Waals surface area contributed by atoms with E-state index in [4.69, 9.17) is 9.84 Å². The van der Waals surface area contributed by atoms with Gasteiger partial charge in [0.1, 0.15) is 6.10 Å². The Morgan fingerprint density at radius 3 is 2.35 bits per heavy atom. The number of hydrogen-bond acceptors (Lipinski definition) is 7. The fourth-order valence-corrected chi connectivity index (χ4v) is 3.29. The summed E-state index contributed by atoms with van der Waals surface area (Å²) in [5, 5.41) is 20.6. The number of carboxylic acid groups (broad SMARTS) is 1. The van der Waals surface area contributed by atoms with E-state index in [2.05, 4.69) is 8.75 Å². The lowest BCUT2D eigenvalue weighted by atomic mass is 9.80. The first kappa shape index (κ1) is 15.1. The quantitative estimate of drug-likeness (QED) is 0.881. The Balaban J connectivity index is 2.18. The molecule has 0 atom stereocenters. The number of rotatable bonds is 3. The molecule has 2 rings (SSSR count). The van der Waals surface area contributed by atoms with Crippen LogP contribution < -0.4 is 4.74 Å². The van der Waals surface area contributed by atoms with Crippen molar-refractivity contribution in [3.05, 3.63) is 5.69 Å². The third kappa shape index (κ3) is 2.77. The first-order chi connectivity index (χ1) is 9.13. The highest BCUT2D eigenvalue weighted by Gasteiger charge is 2.46. The normalized spacial score (nSPS) is 22.6. The van der Waals surface area contributed by atoms with E-state index >= 15 is 0 Å². The molecular weight excluding hydrogens is 282 g/mol. The molecule has 1 aromatic rings. The molecule has 0 spiro atoms. The summed E-state index contributed by atoms with van der Waals surface area (Å²) in [6, 6.07) is 0. The number of piperidine rings is 1. The van der Waals surface area contributed by atoms with Crippen molar-refractivity contribution in [2.24, 2.45) is 0 Å². The summed E-state index contributed by atoms with van der Waals surface area (Å²) in [4.78, 5) is 11.0. The molecule has 0 aliphatic carbocycles. The summed E-state index contributed by atoms with van der Waals surface area (Å²) in [7, 11) is 0. The Bertz CT molecular complexity index is 497. The second-order valence-electron chi connectivity index (χ2n) is 6.31. The van der Waals surface area contributed by atoms with Crippen molar-refractivity contribution in [1.82, 2.24) is 13.8 Å². The van der Waals surface area contributed by atoms with Gasteiger partial charge >= 0.3 is 5.97 Å². The van der Waals surface area contributed by atoms with Gasteiger partial charge in [0.25, 0.3) is 5.88 Å². The molecule has 2 heterocycles. The lowest BCUT2D eigenvalue weighted by Gasteiger charge is -2.50. The van der Waals surface area contributed by atoms with Gasteiger partial charge in [0.05, 0.1) is 11.7 Å². The Hall–Kier alpha value is -1.25. The molecule has 0 saturated carbocycles. The number of carbonyl (C=O) groups is 1. The Kier molecular flexibility index (Phi) is 3.74. The minimum absolute atomic E-state index is 0.0606. The van der Waals surface area contributed by atoms with E-state index in [0.717, 1.165) is 11.7 Å². The molecule has 0 radical (unpaired) electrons. The molecule has 7 nitrogen and oxygen atoms in total. The molecule has 1 aromatic heterocycles. The van der Waals surface area contributed by atoms with E-state index in [9.17, 15) is 10.0 Å². The van der Waals surface area contributed by atoms with Gasteiger partial charge in [-0.15, -0.1) is 4.37 Å². The van der Waals surface area contributed by atoms with Gasteiger partial charge in [0.15, 0.2) is 0 Å². The topological polar surface area (TPSA) is 95.8 Å². The summed E-state index contributed by atoms with van der Waals surface area (Å²) in [5.41, 5.74) is -1.07. The lowest BCUT2D eigenvalue weighted by molar-refractivity contribution is -0.255. The summed E-state index contributed by atoms with van der Waals surface area (Å²) in [6.45, 7) is 7.67. The maximum absolute atomic E-state index is 11.0. The molecular formula is C12H19N3O4S. The van der Waals surface area contributed by atoms with Crippen LogP contribution in [0.4, 0.5) is 0 Å². The summed E-state index contributed by atoms with van der Waals surface area (Å²) >= 11 is 0.818. The first-order valence-corrected chi connectivity index (χ1v) is 7.08. The number of nitrogens with zero attached hydrogens (tertiary/aromatic N) is 3. The molecule has 112 valence electrons. The van der Waals surface area contributed by atoms with Crippen molar-refractivity contribution < 1.29 is 19.8 Å². The van der Waals surface area contributed by atoms with E-state index in [-0.39, 0.29) is 17.7 Å². The van der Waals surface area contributed by atoms with Gasteiger partial charge < -0.3 is 15.1 Å². The largest absolute Gasteiger partial charge is 0.476 e. The van der Waals surface area contributed by atoms with Gasteiger partial charge in [0.2, 0.25) is 5.69 Å². The van der Waals surface area contributed by atoms with Gasteiger partial charge in [-0.25, -0.2) is 4.79 Å². The zero-order valence-corrected chi connectivity index (χ0v) is 12.8. The highest BCUT2D eigenvalue weighted by molar-refractivity contribution is 6.99. The van der Waals surface area contributed by atoms with E-state index in [1.54, 1.807) is 0 Å². The maximum Gasteiger partial charge on any atom is 0.361 e. The van der Waals surface area contributed by atoms with Crippen molar-refractivity contribution in [3.8, 4) is 5.88 Å². The second kappa shape index (κ2) is 4.94. The molecule has 1 fully saturated rings. The van der Waals surface area contributed by atoms with Crippen LogP contribution in [0.5, 0.6) is 5.88 Å². The molecule has 1 aliphatic rings. The Morgan fingerprint density at radius 2 is 1.85 bits per heavy atom. The molecule has 0 unspecified atom stereocenters. The van der Waals surface area contributed by atoms with Crippen molar-refractivity contribution in [3.63, 3.8) is 0 Å². The number of carboxylic acids is 1. The predicted molar refractivity (Wildman–Crippen MR) is 72.3 cm³/mol. The monoisotopic (exact) mass is 301 g/mol. The van der Waals surface area contributed by atoms with Crippen LogP contribution in [0.1, 0.15) is 51.0 Å². The van der Waals surface area contributed by atoms with Crippen molar-refractivity contribution >= 4 is 17.7 Å². The molecule has 1 aliphatic heterocycles. The van der Waals surface area contributed by atoms with Crippen LogP contribution in [0.2, 0.25) is 0 Å². The highest BCUT2D eigenvalue weighted by atomic mass is 32.1. The molecule has 0 aromatic carbocycles. The number of ether oxygens (including phenoxy) is 1. The molecule has 2 N–H and O–H groups in total. The van der Waals surface area contributed by atoms with Crippen LogP contribution in [0, 0.1) is 0 Å². The minimum atomic E-state index is -1.15. The van der Waals surface area contributed by atoms with Crippen LogP contribution in [-0.4, -0.2) is 47.3 Å². The van der Waals surface area contributed by atoms with E-state index in [1.165, 1.54) is 5.06 Å². The average molecular weight is 301 g/mol. The Morgan fingerprint density at radius 1 is 1.30 bits per heavy atom. The van der Waals surface area contributed by atoms with Gasteiger partial charge in [-0.2, -0.15) is 9.44 Å². The number of hydroxylamine groups is 2. The summed E-state index contributed by atoms with van der Waals surface area (Å²) < 4.78 is 13.3. The smallest absolute Gasteiger partial charge is 0.361 e. The zero-order valence-electron chi connectivity index (χ0n) is 12.0. The molecule has 1 saturated heterocycles. The third-order valence-corrected chi connectivity index (χ3v) is 4.05. The minimum Gasteiger partial charge on any atom is -0.476 e. The van der Waals surface area contributed by atoms with Crippen LogP contribution in [0.25, 0.3) is 0 Å². The van der Waals surface area contributed by atoms with Crippen molar-refractivity contribution in [1.29, 1.82) is 0 Å². The molecule has 8 heteroatoms. The first-order valence-electron chi connectivity index (χ1n) is 6.35. The van der Waals surface area contributed by atoms with Crippen LogP contribution >= 0.6 is 11.7 Å². The predicted octanol–water partition coefficient (Wildman–Crippen LogP) is 2.03. The molecule has 0 amide bonds. The van der Waals surface area contributed by atoms with Crippen LogP contribution in [0.15, 0.2) is 0 Å². The summed E-state index contributed by atoms with van der Waals surface area (Å²) in [5.74, 6) is -1.09. The zero-order chi connectivity index (χ0) is 15.1. The van der Waals surface area contributed by atoms with Gasteiger partial charge in [-0.3, -0.25) is 0 Å². The standard InChI is InChI=1S/C12H19N3O4S/c1-11(2)5-7(6-12(3,4)15(11)18)19-9-8(10(16)17)13-20-14-9/h7,18H,5-6H2,1-4H3,(H,16,17). The fourth-order valence-electron chi connectivity index (χ4n) is 2.81. The van der Waals surface area contributed by atoms with Gasteiger partial charge in [-0.05, 0) is 27.7 Å². The lowest BCUT2D eigenvalue weighted by Crippen LogP contribution is -2.61. The maximum atomic E-state index is 11.0. The fraction of sp³-hybridized carbons (Fsp3) is 0.750. The molecule has 20 heavy (non-hydrogen) atoms. The van der Waals surface area contributed by atoms with E-state index in [1.807, 2.05) is 27.7 Å². The van der Waals surface area contributed by atoms with Gasteiger partial charge in [-0.1, -0.05) is 0 Å². The third-order valence-electron chi connectivity index (χ3n) is 3.54.